The maximum Gasteiger partial charge on any atom is 0.306 e. The zero-order valence-corrected chi connectivity index (χ0v) is 43.5. The van der Waals surface area contributed by atoms with Gasteiger partial charge in [-0.1, -0.05) is 250 Å². The lowest BCUT2D eigenvalue weighted by Gasteiger charge is -2.18. The Hall–Kier alpha value is -2.37. The predicted octanol–water partition coefficient (Wildman–Crippen LogP) is 18.9. The minimum absolute atomic E-state index is 0.0716. The second-order valence-electron chi connectivity index (χ2n) is 19.2. The van der Waals surface area contributed by atoms with Gasteiger partial charge in [-0.2, -0.15) is 0 Å². The van der Waals surface area contributed by atoms with Crippen molar-refractivity contribution in [3.05, 3.63) is 36.5 Å². The van der Waals surface area contributed by atoms with E-state index in [1.807, 2.05) is 0 Å². The summed E-state index contributed by atoms with van der Waals surface area (Å²) in [7, 11) is 0. The van der Waals surface area contributed by atoms with Gasteiger partial charge in [0.05, 0.1) is 0 Å². The molecule has 6 nitrogen and oxygen atoms in total. The van der Waals surface area contributed by atoms with E-state index >= 15 is 0 Å². The van der Waals surface area contributed by atoms with Crippen molar-refractivity contribution in [3.63, 3.8) is 0 Å². The molecule has 0 saturated heterocycles. The van der Waals surface area contributed by atoms with E-state index in [4.69, 9.17) is 14.2 Å². The van der Waals surface area contributed by atoms with E-state index < -0.39 is 6.10 Å². The molecule has 1 unspecified atom stereocenters. The SMILES string of the molecule is CCC/C=C\CCCCCCCC(=O)OCC(COC(=O)CCCCCCCCCCCCCCC/C=C\C/C=C\CCCCCCC)OC(=O)CCCCCCCCCCCCCC. The standard InChI is InChI=1S/C59H108O6/c1-4-7-10-13-16-19-22-24-25-26-27-28-29-30-31-32-33-34-35-36-38-40-43-46-49-52-58(61)64-55-56(54-63-57(60)51-48-45-42-39-21-18-15-12-9-6-3)65-59(62)53-50-47-44-41-37-23-20-17-14-11-8-5-2/h12,15,22,24,26-27,56H,4-11,13-14,16-21,23,25,28-55H2,1-3H3/b15-12-,24-22-,27-26-. The average Bonchev–Trinajstić information content (AvgIpc) is 3.30. The van der Waals surface area contributed by atoms with Gasteiger partial charge in [0, 0.05) is 19.3 Å². The van der Waals surface area contributed by atoms with Gasteiger partial charge in [-0.15, -0.1) is 0 Å². The summed E-state index contributed by atoms with van der Waals surface area (Å²) in [6.07, 6.45) is 64.3. The Morgan fingerprint density at radius 2 is 0.585 bits per heavy atom. The highest BCUT2D eigenvalue weighted by Gasteiger charge is 2.19. The van der Waals surface area contributed by atoms with Gasteiger partial charge in [0.1, 0.15) is 13.2 Å². The molecule has 0 aliphatic heterocycles. The molecule has 0 aliphatic rings. The molecule has 0 amide bonds. The highest BCUT2D eigenvalue weighted by atomic mass is 16.6. The monoisotopic (exact) mass is 913 g/mol. The number of unbranched alkanes of at least 4 members (excludes halogenated alkanes) is 35. The summed E-state index contributed by atoms with van der Waals surface area (Å²) in [5.41, 5.74) is 0. The smallest absolute Gasteiger partial charge is 0.306 e. The van der Waals surface area contributed by atoms with E-state index in [9.17, 15) is 14.4 Å². The van der Waals surface area contributed by atoms with Crippen LogP contribution in [0.4, 0.5) is 0 Å². The Kier molecular flexibility index (Phi) is 52.3. The second-order valence-corrected chi connectivity index (χ2v) is 19.2. The van der Waals surface area contributed by atoms with Crippen molar-refractivity contribution >= 4 is 17.9 Å². The summed E-state index contributed by atoms with van der Waals surface area (Å²) in [5.74, 6) is -0.870. The molecule has 0 radical (unpaired) electrons. The van der Waals surface area contributed by atoms with Gasteiger partial charge in [0.2, 0.25) is 0 Å². The summed E-state index contributed by atoms with van der Waals surface area (Å²) < 4.78 is 16.8. The van der Waals surface area contributed by atoms with Crippen molar-refractivity contribution in [1.29, 1.82) is 0 Å². The van der Waals surface area contributed by atoms with Crippen LogP contribution in [0.3, 0.4) is 0 Å². The Balaban J connectivity index is 4.16. The molecule has 0 rings (SSSR count). The topological polar surface area (TPSA) is 78.9 Å². The Morgan fingerprint density at radius 3 is 0.923 bits per heavy atom. The van der Waals surface area contributed by atoms with Crippen molar-refractivity contribution < 1.29 is 28.6 Å². The Morgan fingerprint density at radius 1 is 0.308 bits per heavy atom. The quantitative estimate of drug-likeness (QED) is 0.0262. The van der Waals surface area contributed by atoms with Crippen LogP contribution in [0.25, 0.3) is 0 Å². The number of rotatable bonds is 52. The third-order valence-corrected chi connectivity index (χ3v) is 12.6. The average molecular weight is 914 g/mol. The fourth-order valence-electron chi connectivity index (χ4n) is 8.30. The van der Waals surface area contributed by atoms with E-state index in [0.29, 0.717) is 19.3 Å². The lowest BCUT2D eigenvalue weighted by molar-refractivity contribution is -0.167. The summed E-state index contributed by atoms with van der Waals surface area (Å²) in [5, 5.41) is 0. The first-order valence-electron chi connectivity index (χ1n) is 28.5. The fourth-order valence-corrected chi connectivity index (χ4v) is 8.30. The molecule has 0 aliphatic carbocycles. The molecule has 0 heterocycles. The van der Waals surface area contributed by atoms with Crippen molar-refractivity contribution in [2.24, 2.45) is 0 Å². The Labute approximate surface area is 404 Å². The van der Waals surface area contributed by atoms with Crippen molar-refractivity contribution in [2.45, 2.75) is 309 Å². The molecule has 0 aromatic heterocycles. The van der Waals surface area contributed by atoms with Crippen molar-refractivity contribution in [2.75, 3.05) is 13.2 Å². The summed E-state index contributed by atoms with van der Waals surface area (Å²) in [6, 6.07) is 0. The molecule has 380 valence electrons. The third kappa shape index (κ3) is 52.5. The van der Waals surface area contributed by atoms with Crippen LogP contribution in [0.2, 0.25) is 0 Å². The van der Waals surface area contributed by atoms with Crippen LogP contribution in [0, 0.1) is 0 Å². The van der Waals surface area contributed by atoms with Crippen molar-refractivity contribution in [3.8, 4) is 0 Å². The van der Waals surface area contributed by atoms with Crippen LogP contribution in [-0.2, 0) is 28.6 Å². The number of allylic oxidation sites excluding steroid dienone is 6. The van der Waals surface area contributed by atoms with Gasteiger partial charge in [0.25, 0.3) is 0 Å². The fraction of sp³-hybridized carbons (Fsp3) is 0.847. The number of ether oxygens (including phenoxy) is 3. The normalized spacial score (nSPS) is 12.2. The van der Waals surface area contributed by atoms with Crippen LogP contribution in [0.5, 0.6) is 0 Å². The number of esters is 3. The molecule has 1 atom stereocenters. The van der Waals surface area contributed by atoms with Crippen LogP contribution >= 0.6 is 0 Å². The van der Waals surface area contributed by atoms with Crippen LogP contribution < -0.4 is 0 Å². The maximum absolute atomic E-state index is 12.8. The molecule has 0 aromatic carbocycles. The van der Waals surface area contributed by atoms with E-state index in [-0.39, 0.29) is 31.1 Å². The third-order valence-electron chi connectivity index (χ3n) is 12.6. The van der Waals surface area contributed by atoms with Crippen LogP contribution in [0.1, 0.15) is 303 Å². The number of carbonyl (C=O) groups excluding carboxylic acids is 3. The largest absolute Gasteiger partial charge is 0.462 e. The maximum atomic E-state index is 12.8. The summed E-state index contributed by atoms with van der Waals surface area (Å²) in [6.45, 7) is 6.58. The Bertz CT molecular complexity index is 1090. The molecular weight excluding hydrogens is 805 g/mol. The van der Waals surface area contributed by atoms with Gasteiger partial charge in [-0.05, 0) is 70.6 Å². The molecule has 0 aromatic rings. The van der Waals surface area contributed by atoms with E-state index in [0.717, 1.165) is 77.0 Å². The number of hydrogen-bond acceptors (Lipinski definition) is 6. The first-order chi connectivity index (χ1) is 32.0. The first kappa shape index (κ1) is 62.6. The first-order valence-corrected chi connectivity index (χ1v) is 28.5. The van der Waals surface area contributed by atoms with Gasteiger partial charge >= 0.3 is 17.9 Å². The van der Waals surface area contributed by atoms with E-state index in [1.165, 1.54) is 186 Å². The zero-order valence-electron chi connectivity index (χ0n) is 43.5. The molecule has 0 N–H and O–H groups in total. The molecule has 65 heavy (non-hydrogen) atoms. The molecular formula is C59H108O6. The minimum Gasteiger partial charge on any atom is -0.462 e. The lowest BCUT2D eigenvalue weighted by atomic mass is 10.0. The summed E-state index contributed by atoms with van der Waals surface area (Å²) in [4.78, 5) is 38.0. The molecule has 0 fully saturated rings. The van der Waals surface area contributed by atoms with E-state index in [2.05, 4.69) is 57.2 Å². The van der Waals surface area contributed by atoms with Gasteiger partial charge in [0.15, 0.2) is 6.10 Å². The predicted molar refractivity (Wildman–Crippen MR) is 279 cm³/mol. The highest BCUT2D eigenvalue weighted by molar-refractivity contribution is 5.71. The highest BCUT2D eigenvalue weighted by Crippen LogP contribution is 2.16. The van der Waals surface area contributed by atoms with Crippen LogP contribution in [-0.4, -0.2) is 37.2 Å². The molecule has 0 bridgehead atoms. The van der Waals surface area contributed by atoms with Gasteiger partial charge in [-0.3, -0.25) is 14.4 Å². The van der Waals surface area contributed by atoms with E-state index in [1.54, 1.807) is 0 Å². The van der Waals surface area contributed by atoms with Crippen molar-refractivity contribution in [1.82, 2.24) is 0 Å². The minimum atomic E-state index is -0.770. The van der Waals surface area contributed by atoms with Gasteiger partial charge in [-0.25, -0.2) is 0 Å². The molecule has 6 heteroatoms. The zero-order chi connectivity index (χ0) is 47.2. The lowest BCUT2D eigenvalue weighted by Crippen LogP contribution is -2.30. The van der Waals surface area contributed by atoms with Gasteiger partial charge < -0.3 is 14.2 Å². The van der Waals surface area contributed by atoms with Crippen LogP contribution in [0.15, 0.2) is 36.5 Å². The number of carbonyl (C=O) groups is 3. The second kappa shape index (κ2) is 54.2. The summed E-state index contributed by atoms with van der Waals surface area (Å²) >= 11 is 0. The number of hydrogen-bond donors (Lipinski definition) is 0. The molecule has 0 spiro atoms. The molecule has 0 saturated carbocycles.